The Morgan fingerprint density at radius 2 is 1.66 bits per heavy atom. The van der Waals surface area contributed by atoms with Gasteiger partial charge in [-0.3, -0.25) is 14.4 Å². The molecule has 0 heterocycles. The Balaban J connectivity index is 3.28. The number of primary amides is 1. The second-order valence-corrected chi connectivity index (χ2v) is 13.3. The van der Waals surface area contributed by atoms with Crippen LogP contribution >= 0.6 is 0 Å². The lowest BCUT2D eigenvalue weighted by molar-refractivity contribution is -0.764. The summed E-state index contributed by atoms with van der Waals surface area (Å²) in [5, 5.41) is 12.6. The lowest BCUT2D eigenvalue weighted by Crippen LogP contribution is -2.48. The average Bonchev–Trinajstić information content (AvgIpc) is 2.99. The summed E-state index contributed by atoms with van der Waals surface area (Å²) in [5.41, 5.74) is 12.2. The first-order chi connectivity index (χ1) is 21.9. The molecule has 14 heteroatoms. The highest BCUT2D eigenvalue weighted by Crippen LogP contribution is 2.32. The number of methoxy groups -OCH3 is 2. The Morgan fingerprint density at radius 1 is 1.00 bits per heavy atom. The molecule has 47 heavy (non-hydrogen) atoms. The maximum atomic E-state index is 13.4. The molecule has 5 N–H and O–H groups in total. The fourth-order valence-electron chi connectivity index (χ4n) is 4.93. The summed E-state index contributed by atoms with van der Waals surface area (Å²) in [5.74, 6) is -1.32. The molecule has 268 valence electrons. The van der Waals surface area contributed by atoms with Crippen LogP contribution in [0.15, 0.2) is 18.2 Å². The van der Waals surface area contributed by atoms with Crippen molar-refractivity contribution in [2.24, 2.45) is 40.6 Å². The topological polar surface area (TPSA) is 205 Å². The molecular formula is C33H56N4O10. The predicted molar refractivity (Wildman–Crippen MR) is 176 cm³/mol. The number of carbonyl (C=O) groups excluding carboxylic acids is 3. The standard InChI is InChI=1S/C33H56N4O10/c1-20(2)24(15-23-11-12-27(44-9)29(16-23)45-14-10-13-43-8)17-26(34)28(46-31(39)22(5)47-37(41)42)18-25(21(3)4)30(38)36-19-33(6,7)32(35)40/h11-12,16,20-22,24-26,28H,10,13-15,17-19,34H2,1-9H3,(H2,35,40)(H,36,38). The molecule has 0 saturated heterocycles. The summed E-state index contributed by atoms with van der Waals surface area (Å²) >= 11 is 0. The highest BCUT2D eigenvalue weighted by atomic mass is 17.0. The first kappa shape index (κ1) is 41.4. The summed E-state index contributed by atoms with van der Waals surface area (Å²) in [4.78, 5) is 53.3. The van der Waals surface area contributed by atoms with Gasteiger partial charge < -0.3 is 35.7 Å². The highest BCUT2D eigenvalue weighted by Gasteiger charge is 2.35. The van der Waals surface area contributed by atoms with Crippen LogP contribution in [-0.2, 0) is 35.1 Å². The zero-order valence-corrected chi connectivity index (χ0v) is 29.4. The minimum atomic E-state index is -1.50. The molecule has 0 aliphatic rings. The van der Waals surface area contributed by atoms with Gasteiger partial charge in [-0.25, -0.2) is 4.79 Å². The quantitative estimate of drug-likeness (QED) is 0.0667. The Bertz CT molecular complexity index is 1160. The zero-order valence-electron chi connectivity index (χ0n) is 29.4. The molecule has 1 aromatic rings. The van der Waals surface area contributed by atoms with Gasteiger partial charge in [-0.2, -0.15) is 0 Å². The van der Waals surface area contributed by atoms with Gasteiger partial charge >= 0.3 is 5.97 Å². The molecule has 1 aromatic carbocycles. The van der Waals surface area contributed by atoms with Crippen LogP contribution in [0.4, 0.5) is 0 Å². The number of hydrogen-bond donors (Lipinski definition) is 3. The number of benzene rings is 1. The van der Waals surface area contributed by atoms with Crippen LogP contribution in [0.25, 0.3) is 0 Å². The molecule has 0 aliphatic carbocycles. The maximum Gasteiger partial charge on any atom is 0.335 e. The number of nitrogens with one attached hydrogen (secondary N) is 1. The molecule has 0 saturated carbocycles. The monoisotopic (exact) mass is 668 g/mol. The Labute approximate surface area is 278 Å². The van der Waals surface area contributed by atoms with Gasteiger partial charge in [0.1, 0.15) is 6.10 Å². The fourth-order valence-corrected chi connectivity index (χ4v) is 4.93. The van der Waals surface area contributed by atoms with Crippen LogP contribution < -0.4 is 26.3 Å². The lowest BCUT2D eigenvalue weighted by Gasteiger charge is -2.33. The van der Waals surface area contributed by atoms with Crippen LogP contribution in [0.1, 0.15) is 73.3 Å². The average molecular weight is 669 g/mol. The molecule has 0 bridgehead atoms. The van der Waals surface area contributed by atoms with Crippen LogP contribution in [0.3, 0.4) is 0 Å². The SMILES string of the molecule is COCCCOc1cc(CC(CC(N)C(CC(C(=O)NCC(C)(C)C(N)=O)C(C)C)OC(=O)C(C)O[N+](=O)[O-])C(C)C)ccc1OC. The van der Waals surface area contributed by atoms with Crippen molar-refractivity contribution < 1.29 is 43.3 Å². The number of nitrogens with zero attached hydrogens (tertiary/aromatic N) is 1. The van der Waals surface area contributed by atoms with E-state index in [4.69, 9.17) is 30.4 Å². The number of ether oxygens (including phenoxy) is 4. The summed E-state index contributed by atoms with van der Waals surface area (Å²) in [6, 6.07) is 5.02. The van der Waals surface area contributed by atoms with Gasteiger partial charge in [-0.15, -0.1) is 10.1 Å². The number of esters is 1. The van der Waals surface area contributed by atoms with E-state index in [0.717, 1.165) is 12.0 Å². The number of nitrogens with two attached hydrogens (primary N) is 2. The Hall–Kier alpha value is -3.65. The van der Waals surface area contributed by atoms with Crippen molar-refractivity contribution in [2.45, 2.75) is 92.4 Å². The molecule has 1 rings (SSSR count). The fraction of sp³-hybridized carbons (Fsp3) is 0.727. The molecular weight excluding hydrogens is 612 g/mol. The van der Waals surface area contributed by atoms with Crippen LogP contribution in [0.5, 0.6) is 11.5 Å². The zero-order chi connectivity index (χ0) is 35.9. The number of amides is 2. The number of carbonyl (C=O) groups is 3. The summed E-state index contributed by atoms with van der Waals surface area (Å²) in [6.45, 7) is 13.4. The van der Waals surface area contributed by atoms with Gasteiger partial charge in [0.15, 0.2) is 11.5 Å². The van der Waals surface area contributed by atoms with Gasteiger partial charge in [0.2, 0.25) is 17.9 Å². The van der Waals surface area contributed by atoms with E-state index in [1.54, 1.807) is 28.1 Å². The van der Waals surface area contributed by atoms with E-state index in [1.165, 1.54) is 6.92 Å². The smallest absolute Gasteiger partial charge is 0.335 e. The van der Waals surface area contributed by atoms with Gasteiger partial charge in [0, 0.05) is 38.6 Å². The first-order valence-electron chi connectivity index (χ1n) is 16.1. The molecule has 5 unspecified atom stereocenters. The van der Waals surface area contributed by atoms with Gasteiger partial charge in [-0.05, 0) is 75.5 Å². The Kier molecular flexibility index (Phi) is 17.5. The second kappa shape index (κ2) is 19.9. The second-order valence-electron chi connectivity index (χ2n) is 13.3. The molecule has 14 nitrogen and oxygen atoms in total. The maximum absolute atomic E-state index is 13.4. The minimum Gasteiger partial charge on any atom is -0.493 e. The largest absolute Gasteiger partial charge is 0.493 e. The Morgan fingerprint density at radius 3 is 2.19 bits per heavy atom. The molecule has 0 aromatic heterocycles. The summed E-state index contributed by atoms with van der Waals surface area (Å²) < 4.78 is 22.3. The summed E-state index contributed by atoms with van der Waals surface area (Å²) in [6.07, 6.45) is -0.661. The molecule has 0 fully saturated rings. The van der Waals surface area contributed by atoms with Crippen molar-refractivity contribution in [1.82, 2.24) is 5.32 Å². The van der Waals surface area contributed by atoms with Crippen LogP contribution in [0.2, 0.25) is 0 Å². The van der Waals surface area contributed by atoms with Crippen molar-refractivity contribution >= 4 is 17.8 Å². The van der Waals surface area contributed by atoms with E-state index < -0.39 is 46.5 Å². The van der Waals surface area contributed by atoms with Crippen molar-refractivity contribution in [3.05, 3.63) is 33.9 Å². The van der Waals surface area contributed by atoms with Gasteiger partial charge in [0.05, 0.1) is 19.1 Å². The van der Waals surface area contributed by atoms with E-state index in [2.05, 4.69) is 24.0 Å². The van der Waals surface area contributed by atoms with E-state index >= 15 is 0 Å². The van der Waals surface area contributed by atoms with E-state index in [-0.39, 0.29) is 36.6 Å². The van der Waals surface area contributed by atoms with E-state index in [1.807, 2.05) is 32.0 Å². The third kappa shape index (κ3) is 14.3. The number of hydrogen-bond acceptors (Lipinski definition) is 11. The predicted octanol–water partition coefficient (Wildman–Crippen LogP) is 3.44. The molecule has 0 radical (unpaired) electrons. The highest BCUT2D eigenvalue weighted by molar-refractivity contribution is 5.83. The van der Waals surface area contributed by atoms with Crippen molar-refractivity contribution in [3.63, 3.8) is 0 Å². The third-order valence-corrected chi connectivity index (χ3v) is 8.31. The normalized spacial score (nSPS) is 14.9. The van der Waals surface area contributed by atoms with Crippen LogP contribution in [-0.4, -0.2) is 75.1 Å². The van der Waals surface area contributed by atoms with E-state index in [0.29, 0.717) is 37.6 Å². The van der Waals surface area contributed by atoms with E-state index in [9.17, 15) is 24.5 Å². The van der Waals surface area contributed by atoms with Crippen molar-refractivity contribution in [3.8, 4) is 11.5 Å². The van der Waals surface area contributed by atoms with Gasteiger partial charge in [0.25, 0.3) is 5.09 Å². The molecule has 2 amide bonds. The number of rotatable bonds is 23. The summed E-state index contributed by atoms with van der Waals surface area (Å²) in [7, 11) is 3.21. The third-order valence-electron chi connectivity index (χ3n) is 8.31. The molecule has 0 aliphatic heterocycles. The lowest BCUT2D eigenvalue weighted by atomic mass is 9.80. The minimum absolute atomic E-state index is 0.0178. The van der Waals surface area contributed by atoms with Crippen LogP contribution in [0, 0.1) is 39.2 Å². The van der Waals surface area contributed by atoms with Gasteiger partial charge in [-0.1, -0.05) is 33.8 Å². The molecule has 5 atom stereocenters. The first-order valence-corrected chi connectivity index (χ1v) is 16.1. The molecule has 0 spiro atoms. The van der Waals surface area contributed by atoms with Crippen molar-refractivity contribution in [2.75, 3.05) is 34.0 Å². The van der Waals surface area contributed by atoms with Crippen molar-refractivity contribution in [1.29, 1.82) is 0 Å².